The number of rotatable bonds is 5. The molecule has 2 heterocycles. The summed E-state index contributed by atoms with van der Waals surface area (Å²) in [6, 6.07) is 10.4. The number of piperazine rings is 1. The molecule has 0 bridgehead atoms. The summed E-state index contributed by atoms with van der Waals surface area (Å²) < 4.78 is 0. The van der Waals surface area contributed by atoms with Crippen molar-refractivity contribution >= 4 is 11.8 Å². The van der Waals surface area contributed by atoms with Crippen LogP contribution in [0.3, 0.4) is 0 Å². The van der Waals surface area contributed by atoms with Crippen LogP contribution in [0.25, 0.3) is 0 Å². The third-order valence-electron chi connectivity index (χ3n) is 5.06. The SMILES string of the molecule is O=C(NCC(=O)N1CCN(Cc2ccccc2)CC1)C1CCCNC1. The zero-order chi connectivity index (χ0) is 17.5. The molecule has 2 N–H and O–H groups in total. The molecule has 1 aromatic rings. The summed E-state index contributed by atoms with van der Waals surface area (Å²) in [7, 11) is 0. The Labute approximate surface area is 149 Å². The molecule has 2 aliphatic rings. The van der Waals surface area contributed by atoms with E-state index in [2.05, 4.69) is 39.8 Å². The lowest BCUT2D eigenvalue weighted by molar-refractivity contribution is -0.135. The average molecular weight is 344 g/mol. The molecule has 25 heavy (non-hydrogen) atoms. The standard InChI is InChI=1S/C19H28N4O2/c24-18(14-21-19(25)17-7-4-8-20-13-17)23-11-9-22(10-12-23)15-16-5-2-1-3-6-16/h1-3,5-6,17,20H,4,7-15H2,(H,21,25). The molecule has 0 radical (unpaired) electrons. The smallest absolute Gasteiger partial charge is 0.242 e. The maximum atomic E-state index is 12.3. The minimum absolute atomic E-state index is 0.00302. The summed E-state index contributed by atoms with van der Waals surface area (Å²) in [5.41, 5.74) is 1.30. The van der Waals surface area contributed by atoms with Crippen LogP contribution in [0.5, 0.6) is 0 Å². The molecule has 6 heteroatoms. The fourth-order valence-electron chi connectivity index (χ4n) is 3.49. The first-order valence-corrected chi connectivity index (χ1v) is 9.25. The number of carbonyl (C=O) groups is 2. The van der Waals surface area contributed by atoms with Gasteiger partial charge in [0.2, 0.25) is 11.8 Å². The van der Waals surface area contributed by atoms with Gasteiger partial charge in [0.05, 0.1) is 12.5 Å². The van der Waals surface area contributed by atoms with Gasteiger partial charge < -0.3 is 15.5 Å². The summed E-state index contributed by atoms with van der Waals surface area (Å²) in [4.78, 5) is 28.7. The van der Waals surface area contributed by atoms with Gasteiger partial charge in [-0.15, -0.1) is 0 Å². The van der Waals surface area contributed by atoms with E-state index in [1.165, 1.54) is 5.56 Å². The monoisotopic (exact) mass is 344 g/mol. The van der Waals surface area contributed by atoms with Crippen LogP contribution < -0.4 is 10.6 Å². The van der Waals surface area contributed by atoms with Gasteiger partial charge in [-0.2, -0.15) is 0 Å². The van der Waals surface area contributed by atoms with E-state index in [0.29, 0.717) is 0 Å². The van der Waals surface area contributed by atoms with E-state index in [9.17, 15) is 9.59 Å². The van der Waals surface area contributed by atoms with E-state index in [1.54, 1.807) is 0 Å². The number of hydrogen-bond acceptors (Lipinski definition) is 4. The third-order valence-corrected chi connectivity index (χ3v) is 5.06. The van der Waals surface area contributed by atoms with E-state index in [1.807, 2.05) is 11.0 Å². The molecule has 0 aromatic heterocycles. The Kier molecular flexibility index (Phi) is 6.42. The van der Waals surface area contributed by atoms with Crippen LogP contribution in [0.2, 0.25) is 0 Å². The number of nitrogens with zero attached hydrogens (tertiary/aromatic N) is 2. The highest BCUT2D eigenvalue weighted by Crippen LogP contribution is 2.10. The van der Waals surface area contributed by atoms with Crippen LogP contribution in [-0.4, -0.2) is 67.4 Å². The van der Waals surface area contributed by atoms with Gasteiger partial charge in [0.1, 0.15) is 0 Å². The number of hydrogen-bond donors (Lipinski definition) is 2. The Balaban J connectivity index is 1.37. The van der Waals surface area contributed by atoms with Crippen LogP contribution >= 0.6 is 0 Å². The van der Waals surface area contributed by atoms with Gasteiger partial charge in [-0.25, -0.2) is 0 Å². The minimum atomic E-state index is 0.00302. The molecule has 2 amide bonds. The summed E-state index contributed by atoms with van der Waals surface area (Å²) in [6.07, 6.45) is 1.93. The van der Waals surface area contributed by atoms with Crippen molar-refractivity contribution in [2.75, 3.05) is 45.8 Å². The van der Waals surface area contributed by atoms with Gasteiger partial charge in [-0.1, -0.05) is 30.3 Å². The van der Waals surface area contributed by atoms with Crippen molar-refractivity contribution in [3.05, 3.63) is 35.9 Å². The van der Waals surface area contributed by atoms with Gasteiger partial charge in [-0.05, 0) is 24.9 Å². The third kappa shape index (κ3) is 5.28. The van der Waals surface area contributed by atoms with E-state index < -0.39 is 0 Å². The van der Waals surface area contributed by atoms with Gasteiger partial charge >= 0.3 is 0 Å². The molecule has 3 rings (SSSR count). The van der Waals surface area contributed by atoms with Crippen molar-refractivity contribution in [1.29, 1.82) is 0 Å². The number of benzene rings is 1. The first kappa shape index (κ1) is 17.9. The Morgan fingerprint density at radius 3 is 2.56 bits per heavy atom. The van der Waals surface area contributed by atoms with E-state index >= 15 is 0 Å². The number of carbonyl (C=O) groups excluding carboxylic acids is 2. The van der Waals surface area contributed by atoms with Crippen molar-refractivity contribution in [1.82, 2.24) is 20.4 Å². The zero-order valence-electron chi connectivity index (χ0n) is 14.7. The molecule has 2 aliphatic heterocycles. The highest BCUT2D eigenvalue weighted by atomic mass is 16.2. The molecule has 0 saturated carbocycles. The van der Waals surface area contributed by atoms with Gasteiger partial charge in [0.15, 0.2) is 0 Å². The normalized spacial score (nSPS) is 21.8. The molecular formula is C19H28N4O2. The summed E-state index contributed by atoms with van der Waals surface area (Å²) in [5.74, 6) is 0.0315. The Morgan fingerprint density at radius 2 is 1.88 bits per heavy atom. The van der Waals surface area contributed by atoms with Gasteiger partial charge in [0, 0.05) is 39.3 Å². The molecule has 1 atom stereocenters. The zero-order valence-corrected chi connectivity index (χ0v) is 14.7. The highest BCUT2D eigenvalue weighted by Gasteiger charge is 2.24. The van der Waals surface area contributed by atoms with E-state index in [4.69, 9.17) is 0 Å². The fourth-order valence-corrected chi connectivity index (χ4v) is 3.49. The maximum absolute atomic E-state index is 12.3. The number of piperidine rings is 1. The second-order valence-electron chi connectivity index (χ2n) is 6.90. The lowest BCUT2D eigenvalue weighted by Gasteiger charge is -2.35. The Bertz CT molecular complexity index is 564. The minimum Gasteiger partial charge on any atom is -0.347 e. The largest absolute Gasteiger partial charge is 0.347 e. The van der Waals surface area contributed by atoms with Crippen LogP contribution in [0.15, 0.2) is 30.3 Å². The lowest BCUT2D eigenvalue weighted by atomic mass is 9.99. The van der Waals surface area contributed by atoms with Crippen molar-refractivity contribution < 1.29 is 9.59 Å². The maximum Gasteiger partial charge on any atom is 0.242 e. The van der Waals surface area contributed by atoms with Gasteiger partial charge in [-0.3, -0.25) is 14.5 Å². The second kappa shape index (κ2) is 8.97. The van der Waals surface area contributed by atoms with Crippen molar-refractivity contribution in [2.24, 2.45) is 5.92 Å². The first-order valence-electron chi connectivity index (χ1n) is 9.25. The first-order chi connectivity index (χ1) is 12.2. The highest BCUT2D eigenvalue weighted by molar-refractivity contribution is 5.86. The predicted molar refractivity (Wildman–Crippen MR) is 96.9 cm³/mol. The molecule has 1 unspecified atom stereocenters. The van der Waals surface area contributed by atoms with E-state index in [0.717, 1.165) is 58.7 Å². The molecular weight excluding hydrogens is 316 g/mol. The summed E-state index contributed by atoms with van der Waals surface area (Å²) in [6.45, 7) is 5.96. The Morgan fingerprint density at radius 1 is 1.12 bits per heavy atom. The van der Waals surface area contributed by atoms with Crippen LogP contribution in [0, 0.1) is 5.92 Å². The second-order valence-corrected chi connectivity index (χ2v) is 6.90. The molecule has 2 fully saturated rings. The van der Waals surface area contributed by atoms with Crippen LogP contribution in [-0.2, 0) is 16.1 Å². The van der Waals surface area contributed by atoms with Gasteiger partial charge in [0.25, 0.3) is 0 Å². The quantitative estimate of drug-likeness (QED) is 0.814. The fraction of sp³-hybridized carbons (Fsp3) is 0.579. The molecule has 1 aromatic carbocycles. The molecule has 2 saturated heterocycles. The van der Waals surface area contributed by atoms with E-state index in [-0.39, 0.29) is 24.3 Å². The molecule has 136 valence electrons. The summed E-state index contributed by atoms with van der Waals surface area (Å²) in [5, 5.41) is 6.05. The predicted octanol–water partition coefficient (Wildman–Crippen LogP) is 0.447. The van der Waals surface area contributed by atoms with Crippen LogP contribution in [0.1, 0.15) is 18.4 Å². The molecule has 0 spiro atoms. The number of nitrogens with one attached hydrogen (secondary N) is 2. The van der Waals surface area contributed by atoms with Crippen molar-refractivity contribution in [3.63, 3.8) is 0 Å². The van der Waals surface area contributed by atoms with Crippen molar-refractivity contribution in [2.45, 2.75) is 19.4 Å². The lowest BCUT2D eigenvalue weighted by Crippen LogP contribution is -2.51. The van der Waals surface area contributed by atoms with Crippen LogP contribution in [0.4, 0.5) is 0 Å². The molecule has 6 nitrogen and oxygen atoms in total. The average Bonchev–Trinajstić information content (AvgIpc) is 2.68. The molecule has 0 aliphatic carbocycles. The number of amides is 2. The summed E-state index contributed by atoms with van der Waals surface area (Å²) >= 11 is 0. The topological polar surface area (TPSA) is 64.7 Å². The van der Waals surface area contributed by atoms with Crippen molar-refractivity contribution in [3.8, 4) is 0 Å². The Hall–Kier alpha value is -1.92.